The van der Waals surface area contributed by atoms with Crippen molar-refractivity contribution in [2.24, 2.45) is 11.7 Å². The molecule has 0 aromatic carbocycles. The number of rotatable bonds is 7. The average molecular weight is 416 g/mol. The number of carbonyl (C=O) groups is 2. The Morgan fingerprint density at radius 3 is 2.70 bits per heavy atom. The molecule has 0 spiro atoms. The minimum Gasteiger partial charge on any atom is -0.478 e. The van der Waals surface area contributed by atoms with E-state index in [0.29, 0.717) is 24.3 Å². The van der Waals surface area contributed by atoms with Crippen molar-refractivity contribution in [2.75, 3.05) is 6.61 Å². The number of nitrogens with one attached hydrogen (secondary N) is 2. The van der Waals surface area contributed by atoms with Crippen molar-refractivity contribution in [1.82, 2.24) is 10.6 Å². The number of carbonyl (C=O) groups excluding carboxylic acids is 1. The van der Waals surface area contributed by atoms with Gasteiger partial charge in [-0.1, -0.05) is 32.3 Å². The molecule has 3 rings (SSSR count). The van der Waals surface area contributed by atoms with E-state index in [2.05, 4.69) is 10.6 Å². The third-order valence-corrected chi connectivity index (χ3v) is 6.25. The summed E-state index contributed by atoms with van der Waals surface area (Å²) in [6.45, 7) is 5.90. The van der Waals surface area contributed by atoms with Gasteiger partial charge in [-0.2, -0.15) is 0 Å². The Labute approximate surface area is 178 Å². The van der Waals surface area contributed by atoms with Gasteiger partial charge in [-0.05, 0) is 45.3 Å². The zero-order valence-electron chi connectivity index (χ0n) is 18.1. The van der Waals surface area contributed by atoms with Crippen LogP contribution in [0.5, 0.6) is 0 Å². The third-order valence-electron chi connectivity index (χ3n) is 6.25. The fourth-order valence-electron chi connectivity index (χ4n) is 4.60. The van der Waals surface area contributed by atoms with E-state index in [1.165, 1.54) is 6.42 Å². The summed E-state index contributed by atoms with van der Waals surface area (Å²) in [5.41, 5.74) is 7.66. The number of amides is 1. The fourth-order valence-corrected chi connectivity index (χ4v) is 4.60. The molecule has 1 fully saturated rings. The minimum atomic E-state index is -1.07. The van der Waals surface area contributed by atoms with Crippen LogP contribution in [-0.4, -0.2) is 35.2 Å². The molecule has 7 nitrogen and oxygen atoms in total. The molecular formula is C23H33N3O4. The van der Waals surface area contributed by atoms with E-state index in [4.69, 9.17) is 10.5 Å². The maximum absolute atomic E-state index is 12.5. The lowest BCUT2D eigenvalue weighted by molar-refractivity contribution is -0.132. The Balaban J connectivity index is 1.76. The van der Waals surface area contributed by atoms with Crippen molar-refractivity contribution >= 4 is 11.9 Å². The largest absolute Gasteiger partial charge is 0.478 e. The van der Waals surface area contributed by atoms with Gasteiger partial charge in [0, 0.05) is 28.9 Å². The quantitative estimate of drug-likeness (QED) is 0.508. The summed E-state index contributed by atoms with van der Waals surface area (Å²) in [5.74, 6) is -0.879. The van der Waals surface area contributed by atoms with E-state index >= 15 is 0 Å². The fraction of sp³-hybridized carbons (Fsp3) is 0.565. The van der Waals surface area contributed by atoms with Gasteiger partial charge in [0.2, 0.25) is 5.91 Å². The van der Waals surface area contributed by atoms with Crippen LogP contribution in [0.3, 0.4) is 0 Å². The number of dihydropyridines is 1. The van der Waals surface area contributed by atoms with Crippen LogP contribution in [0.1, 0.15) is 59.3 Å². The van der Waals surface area contributed by atoms with Crippen LogP contribution < -0.4 is 16.4 Å². The molecule has 1 aliphatic heterocycles. The van der Waals surface area contributed by atoms with E-state index in [9.17, 15) is 14.7 Å². The molecule has 3 aliphatic rings. The number of carboxylic acid groups (broad SMARTS) is 1. The SMILES string of the molecule is CCC1(OCC(C)NC(=O)C2CCCCC2)C=CC=C2NC(C)=C(C(=O)O)C(N)=C21. The summed E-state index contributed by atoms with van der Waals surface area (Å²) in [6, 6.07) is -0.166. The van der Waals surface area contributed by atoms with E-state index < -0.39 is 11.6 Å². The summed E-state index contributed by atoms with van der Waals surface area (Å²) in [7, 11) is 0. The van der Waals surface area contributed by atoms with Crippen LogP contribution in [0.25, 0.3) is 0 Å². The molecule has 0 aromatic rings. The Hall–Kier alpha value is -2.54. The van der Waals surface area contributed by atoms with Crippen molar-refractivity contribution in [3.05, 3.63) is 46.5 Å². The van der Waals surface area contributed by atoms with Crippen LogP contribution >= 0.6 is 0 Å². The molecule has 164 valence electrons. The molecule has 7 heteroatoms. The smallest absolute Gasteiger partial charge is 0.339 e. The van der Waals surface area contributed by atoms with Crippen molar-refractivity contribution in [3.63, 3.8) is 0 Å². The number of hydrogen-bond donors (Lipinski definition) is 4. The summed E-state index contributed by atoms with van der Waals surface area (Å²) in [6.07, 6.45) is 11.6. The van der Waals surface area contributed by atoms with Crippen LogP contribution in [0.15, 0.2) is 46.5 Å². The number of allylic oxidation sites excluding steroid dienone is 3. The zero-order valence-corrected chi connectivity index (χ0v) is 18.1. The first kappa shape index (κ1) is 22.2. The van der Waals surface area contributed by atoms with E-state index in [-0.39, 0.29) is 29.1 Å². The lowest BCUT2D eigenvalue weighted by Crippen LogP contribution is -2.46. The number of carboxylic acids is 1. The monoisotopic (exact) mass is 415 g/mol. The topological polar surface area (TPSA) is 114 Å². The minimum absolute atomic E-state index is 0.0672. The zero-order chi connectivity index (χ0) is 21.9. The molecule has 0 radical (unpaired) electrons. The summed E-state index contributed by atoms with van der Waals surface area (Å²) >= 11 is 0. The average Bonchev–Trinajstić information content (AvgIpc) is 2.72. The second kappa shape index (κ2) is 9.08. The highest BCUT2D eigenvalue weighted by Crippen LogP contribution is 2.40. The van der Waals surface area contributed by atoms with Crippen molar-refractivity contribution in [3.8, 4) is 0 Å². The summed E-state index contributed by atoms with van der Waals surface area (Å²) in [4.78, 5) is 24.3. The molecule has 1 heterocycles. The summed E-state index contributed by atoms with van der Waals surface area (Å²) in [5, 5.41) is 15.8. The standard InChI is InChI=1S/C23H33N3O4/c1-4-23(30-13-14(2)25-21(27)16-9-6-5-7-10-16)12-8-11-17-19(23)20(24)18(22(28)29)15(3)26-17/h8,11-12,14,16,26H,4-7,9-10,13,24H2,1-3H3,(H,25,27)(H,28,29). The highest BCUT2D eigenvalue weighted by Gasteiger charge is 2.41. The van der Waals surface area contributed by atoms with Crippen molar-refractivity contribution in [2.45, 2.75) is 70.9 Å². The maximum Gasteiger partial charge on any atom is 0.339 e. The van der Waals surface area contributed by atoms with Crippen LogP contribution in [-0.2, 0) is 14.3 Å². The molecule has 0 bridgehead atoms. The molecule has 30 heavy (non-hydrogen) atoms. The van der Waals surface area contributed by atoms with Gasteiger partial charge in [0.15, 0.2) is 0 Å². The predicted molar refractivity (Wildman–Crippen MR) is 115 cm³/mol. The molecule has 2 atom stereocenters. The van der Waals surface area contributed by atoms with Gasteiger partial charge in [0.25, 0.3) is 0 Å². The normalized spacial score (nSPS) is 25.4. The Kier molecular flexibility index (Phi) is 6.71. The van der Waals surface area contributed by atoms with Gasteiger partial charge in [-0.25, -0.2) is 4.79 Å². The predicted octanol–water partition coefficient (Wildman–Crippen LogP) is 2.87. The first-order valence-electron chi connectivity index (χ1n) is 10.8. The lowest BCUT2D eigenvalue weighted by Gasteiger charge is -2.40. The van der Waals surface area contributed by atoms with E-state index in [1.807, 2.05) is 32.1 Å². The van der Waals surface area contributed by atoms with Crippen molar-refractivity contribution < 1.29 is 19.4 Å². The number of fused-ring (bicyclic) bond motifs is 1. The highest BCUT2D eigenvalue weighted by atomic mass is 16.5. The van der Waals surface area contributed by atoms with Crippen LogP contribution in [0.4, 0.5) is 0 Å². The number of ether oxygens (including phenoxy) is 1. The molecule has 0 aromatic heterocycles. The molecule has 0 saturated heterocycles. The molecule has 1 amide bonds. The number of hydrogen-bond acceptors (Lipinski definition) is 5. The number of nitrogens with two attached hydrogens (primary N) is 1. The van der Waals surface area contributed by atoms with E-state index in [1.54, 1.807) is 6.92 Å². The maximum atomic E-state index is 12.5. The molecule has 5 N–H and O–H groups in total. The molecule has 2 aliphatic carbocycles. The third kappa shape index (κ3) is 4.31. The van der Waals surface area contributed by atoms with Gasteiger partial charge in [0.05, 0.1) is 12.3 Å². The van der Waals surface area contributed by atoms with Gasteiger partial charge in [0.1, 0.15) is 11.2 Å². The van der Waals surface area contributed by atoms with Gasteiger partial charge in [-0.15, -0.1) is 0 Å². The molecule has 2 unspecified atom stereocenters. The number of aliphatic carboxylic acids is 1. The van der Waals surface area contributed by atoms with E-state index in [0.717, 1.165) is 31.4 Å². The molecular weight excluding hydrogens is 382 g/mol. The van der Waals surface area contributed by atoms with Gasteiger partial charge >= 0.3 is 5.97 Å². The first-order chi connectivity index (χ1) is 14.3. The van der Waals surface area contributed by atoms with Gasteiger partial charge in [-0.3, -0.25) is 4.79 Å². The summed E-state index contributed by atoms with van der Waals surface area (Å²) < 4.78 is 6.34. The highest BCUT2D eigenvalue weighted by molar-refractivity contribution is 5.94. The Bertz CT molecular complexity index is 833. The molecule has 1 saturated carbocycles. The Morgan fingerprint density at radius 1 is 1.37 bits per heavy atom. The van der Waals surface area contributed by atoms with Crippen LogP contribution in [0.2, 0.25) is 0 Å². The Morgan fingerprint density at radius 2 is 2.07 bits per heavy atom. The second-order valence-corrected chi connectivity index (χ2v) is 8.46. The lowest BCUT2D eigenvalue weighted by atomic mass is 9.80. The first-order valence-corrected chi connectivity index (χ1v) is 10.8. The van der Waals surface area contributed by atoms with Gasteiger partial charge < -0.3 is 26.2 Å². The second-order valence-electron chi connectivity index (χ2n) is 8.46. The van der Waals surface area contributed by atoms with Crippen molar-refractivity contribution in [1.29, 1.82) is 0 Å². The van der Waals surface area contributed by atoms with Crippen LogP contribution in [0, 0.1) is 5.92 Å².